The van der Waals surface area contributed by atoms with Crippen LogP contribution in [0.3, 0.4) is 0 Å². The second kappa shape index (κ2) is 7.69. The van der Waals surface area contributed by atoms with E-state index < -0.39 is 0 Å². The number of nitrogens with one attached hydrogen (secondary N) is 1. The van der Waals surface area contributed by atoms with Gasteiger partial charge in [-0.25, -0.2) is 4.39 Å². The molecule has 0 fully saturated rings. The van der Waals surface area contributed by atoms with Gasteiger partial charge in [0.25, 0.3) is 0 Å². The molecule has 0 unspecified atom stereocenters. The second-order valence-corrected chi connectivity index (χ2v) is 5.82. The van der Waals surface area contributed by atoms with Crippen LogP contribution in [0.5, 0.6) is 5.75 Å². The fourth-order valence-electron chi connectivity index (χ4n) is 1.91. The Morgan fingerprint density at radius 1 is 1.25 bits per heavy atom. The quantitative estimate of drug-likeness (QED) is 0.659. The monoisotopic (exact) mass is 347 g/mol. The summed E-state index contributed by atoms with van der Waals surface area (Å²) in [6.07, 6.45) is 2.38. The maximum atomic E-state index is 12.8. The smallest absolute Gasteiger partial charge is 0.226 e. The van der Waals surface area contributed by atoms with E-state index in [4.69, 9.17) is 9.15 Å². The van der Waals surface area contributed by atoms with Crippen molar-refractivity contribution in [3.8, 4) is 16.5 Å². The molecule has 1 aromatic carbocycles. The summed E-state index contributed by atoms with van der Waals surface area (Å²) in [7, 11) is 0. The van der Waals surface area contributed by atoms with Crippen molar-refractivity contribution in [3.05, 3.63) is 48.5 Å². The highest BCUT2D eigenvalue weighted by Gasteiger charge is 2.11. The zero-order chi connectivity index (χ0) is 16.8. The van der Waals surface area contributed by atoms with Gasteiger partial charge >= 0.3 is 0 Å². The number of anilines is 1. The predicted octanol–water partition coefficient (Wildman–Crippen LogP) is 3.73. The van der Waals surface area contributed by atoms with Gasteiger partial charge in [0, 0.05) is 6.42 Å². The summed E-state index contributed by atoms with van der Waals surface area (Å²) >= 11 is 1.24. The Morgan fingerprint density at radius 2 is 2.08 bits per heavy atom. The van der Waals surface area contributed by atoms with Gasteiger partial charge < -0.3 is 14.5 Å². The van der Waals surface area contributed by atoms with Crippen LogP contribution in [0.15, 0.2) is 47.1 Å². The summed E-state index contributed by atoms with van der Waals surface area (Å²) in [6.45, 7) is 0.368. The van der Waals surface area contributed by atoms with Crippen LogP contribution in [0.4, 0.5) is 9.52 Å². The molecule has 0 bridgehead atoms. The molecular weight excluding hydrogens is 333 g/mol. The minimum Gasteiger partial charge on any atom is -0.494 e. The van der Waals surface area contributed by atoms with E-state index in [0.717, 1.165) is 0 Å². The fraction of sp³-hybridized carbons (Fsp3) is 0.188. The normalized spacial score (nSPS) is 10.5. The van der Waals surface area contributed by atoms with Crippen molar-refractivity contribution in [1.29, 1.82) is 0 Å². The van der Waals surface area contributed by atoms with Crippen molar-refractivity contribution in [2.24, 2.45) is 0 Å². The van der Waals surface area contributed by atoms with E-state index in [1.165, 1.54) is 23.5 Å². The van der Waals surface area contributed by atoms with E-state index in [1.807, 2.05) is 0 Å². The van der Waals surface area contributed by atoms with Gasteiger partial charge in [0.1, 0.15) is 11.6 Å². The lowest BCUT2D eigenvalue weighted by atomic mass is 10.3. The third-order valence-electron chi connectivity index (χ3n) is 3.03. The van der Waals surface area contributed by atoms with Crippen molar-refractivity contribution in [2.75, 3.05) is 11.9 Å². The maximum Gasteiger partial charge on any atom is 0.226 e. The first-order chi connectivity index (χ1) is 11.7. The summed E-state index contributed by atoms with van der Waals surface area (Å²) in [5.74, 6) is 0.706. The molecule has 2 aromatic heterocycles. The third-order valence-corrected chi connectivity index (χ3v) is 3.89. The Morgan fingerprint density at radius 3 is 2.83 bits per heavy atom. The summed E-state index contributed by atoms with van der Waals surface area (Å²) in [5.41, 5.74) is 0. The van der Waals surface area contributed by atoms with E-state index in [1.54, 1.807) is 30.5 Å². The first-order valence-electron chi connectivity index (χ1n) is 7.26. The number of ether oxygens (including phenoxy) is 1. The third kappa shape index (κ3) is 4.39. The number of carbonyl (C=O) groups is 1. The zero-order valence-electron chi connectivity index (χ0n) is 12.6. The van der Waals surface area contributed by atoms with E-state index >= 15 is 0 Å². The van der Waals surface area contributed by atoms with E-state index in [0.29, 0.717) is 34.7 Å². The van der Waals surface area contributed by atoms with Crippen LogP contribution in [-0.4, -0.2) is 22.7 Å². The number of carbonyl (C=O) groups excluding carboxylic acids is 1. The molecule has 1 amide bonds. The van der Waals surface area contributed by atoms with E-state index in [2.05, 4.69) is 15.5 Å². The Bertz CT molecular complexity index is 787. The molecule has 0 radical (unpaired) electrons. The summed E-state index contributed by atoms with van der Waals surface area (Å²) in [4.78, 5) is 11.9. The summed E-state index contributed by atoms with van der Waals surface area (Å²) in [6, 6.07) is 9.29. The van der Waals surface area contributed by atoms with Crippen molar-refractivity contribution in [2.45, 2.75) is 12.8 Å². The van der Waals surface area contributed by atoms with Crippen LogP contribution in [0.1, 0.15) is 12.8 Å². The zero-order valence-corrected chi connectivity index (χ0v) is 13.4. The first kappa shape index (κ1) is 16.1. The van der Waals surface area contributed by atoms with Crippen LogP contribution in [-0.2, 0) is 4.79 Å². The number of hydrogen-bond donors (Lipinski definition) is 1. The summed E-state index contributed by atoms with van der Waals surface area (Å²) in [5, 5.41) is 11.6. The van der Waals surface area contributed by atoms with Gasteiger partial charge in [-0.15, -0.1) is 10.2 Å². The Balaban J connectivity index is 1.40. The van der Waals surface area contributed by atoms with Crippen molar-refractivity contribution >= 4 is 22.4 Å². The van der Waals surface area contributed by atoms with Gasteiger partial charge in [-0.2, -0.15) is 0 Å². The molecule has 24 heavy (non-hydrogen) atoms. The first-order valence-corrected chi connectivity index (χ1v) is 8.08. The fourth-order valence-corrected chi connectivity index (χ4v) is 2.64. The van der Waals surface area contributed by atoms with Gasteiger partial charge in [0.15, 0.2) is 10.8 Å². The summed E-state index contributed by atoms with van der Waals surface area (Å²) < 4.78 is 23.4. The molecule has 0 saturated heterocycles. The van der Waals surface area contributed by atoms with E-state index in [9.17, 15) is 9.18 Å². The Hall–Kier alpha value is -2.74. The molecule has 0 saturated carbocycles. The van der Waals surface area contributed by atoms with Gasteiger partial charge in [-0.3, -0.25) is 4.79 Å². The van der Waals surface area contributed by atoms with Crippen LogP contribution in [0, 0.1) is 5.82 Å². The molecule has 2 heterocycles. The number of nitrogens with zero attached hydrogens (tertiary/aromatic N) is 2. The molecule has 0 aliphatic heterocycles. The highest BCUT2D eigenvalue weighted by molar-refractivity contribution is 7.18. The molecule has 0 spiro atoms. The largest absolute Gasteiger partial charge is 0.494 e. The molecule has 0 atom stereocenters. The highest BCUT2D eigenvalue weighted by Crippen LogP contribution is 2.26. The Kier molecular flexibility index (Phi) is 5.17. The molecule has 3 aromatic rings. The van der Waals surface area contributed by atoms with Crippen LogP contribution in [0.25, 0.3) is 10.8 Å². The lowest BCUT2D eigenvalue weighted by molar-refractivity contribution is -0.116. The van der Waals surface area contributed by atoms with Gasteiger partial charge in [0.05, 0.1) is 12.9 Å². The number of hydrogen-bond acceptors (Lipinski definition) is 6. The van der Waals surface area contributed by atoms with E-state index in [-0.39, 0.29) is 18.1 Å². The number of aromatic nitrogens is 2. The standard InChI is InChI=1S/C16H14FN3O3S/c17-11-5-7-12(8-6-11)22-9-2-4-14(21)18-16-20-19-15(24-16)13-3-1-10-23-13/h1,3,5-8,10H,2,4,9H2,(H,18,20,21). The van der Waals surface area contributed by atoms with Crippen LogP contribution >= 0.6 is 11.3 Å². The van der Waals surface area contributed by atoms with Crippen molar-refractivity contribution < 1.29 is 18.3 Å². The molecule has 0 aliphatic carbocycles. The molecule has 6 nitrogen and oxygen atoms in total. The lowest BCUT2D eigenvalue weighted by Crippen LogP contribution is -2.12. The average Bonchev–Trinajstić information content (AvgIpc) is 3.24. The van der Waals surface area contributed by atoms with Gasteiger partial charge in [-0.05, 0) is 42.8 Å². The molecule has 3 rings (SSSR count). The number of halogens is 1. The van der Waals surface area contributed by atoms with Crippen molar-refractivity contribution in [3.63, 3.8) is 0 Å². The molecule has 124 valence electrons. The number of furan rings is 1. The van der Waals surface area contributed by atoms with Crippen LogP contribution in [0.2, 0.25) is 0 Å². The van der Waals surface area contributed by atoms with Gasteiger partial charge in [0.2, 0.25) is 11.0 Å². The highest BCUT2D eigenvalue weighted by atomic mass is 32.1. The minimum atomic E-state index is -0.312. The predicted molar refractivity (Wildman–Crippen MR) is 87.4 cm³/mol. The lowest BCUT2D eigenvalue weighted by Gasteiger charge is -2.05. The number of benzene rings is 1. The minimum absolute atomic E-state index is 0.167. The topological polar surface area (TPSA) is 77.2 Å². The average molecular weight is 347 g/mol. The van der Waals surface area contributed by atoms with Gasteiger partial charge in [-0.1, -0.05) is 11.3 Å². The molecule has 1 N–H and O–H groups in total. The molecule has 0 aliphatic rings. The maximum absolute atomic E-state index is 12.8. The number of rotatable bonds is 7. The second-order valence-electron chi connectivity index (χ2n) is 4.84. The Labute approximate surface area is 141 Å². The molecular formula is C16H14FN3O3S. The van der Waals surface area contributed by atoms with Crippen LogP contribution < -0.4 is 10.1 Å². The number of amides is 1. The SMILES string of the molecule is O=C(CCCOc1ccc(F)cc1)Nc1nnc(-c2ccco2)s1. The molecule has 8 heteroatoms. The van der Waals surface area contributed by atoms with Crippen molar-refractivity contribution in [1.82, 2.24) is 10.2 Å².